The highest BCUT2D eigenvalue weighted by Crippen LogP contribution is 2.33. The third-order valence-electron chi connectivity index (χ3n) is 3.13. The minimum absolute atomic E-state index is 0.500. The summed E-state index contributed by atoms with van der Waals surface area (Å²) in [5.74, 6) is 1.41. The van der Waals surface area contributed by atoms with Crippen molar-refractivity contribution in [1.82, 2.24) is 10.3 Å². The number of aromatic nitrogens is 1. The molecule has 1 aromatic heterocycles. The summed E-state index contributed by atoms with van der Waals surface area (Å²) in [4.78, 5) is 4.69. The second-order valence-corrected chi connectivity index (χ2v) is 5.94. The van der Waals surface area contributed by atoms with E-state index in [1.54, 1.807) is 11.3 Å². The van der Waals surface area contributed by atoms with Crippen molar-refractivity contribution in [3.05, 3.63) is 34.2 Å². The van der Waals surface area contributed by atoms with Crippen LogP contribution >= 0.6 is 11.3 Å². The highest BCUT2D eigenvalue weighted by molar-refractivity contribution is 7.09. The van der Waals surface area contributed by atoms with E-state index >= 15 is 0 Å². The van der Waals surface area contributed by atoms with E-state index in [-0.39, 0.29) is 0 Å². The largest absolute Gasteiger partial charge is 0.493 e. The maximum absolute atomic E-state index is 5.74. The van der Waals surface area contributed by atoms with Gasteiger partial charge in [0, 0.05) is 17.5 Å². The number of hydrogen-bond acceptors (Lipinski definition) is 4. The van der Waals surface area contributed by atoms with Crippen molar-refractivity contribution in [1.29, 1.82) is 0 Å². The molecule has 108 valence electrons. The minimum Gasteiger partial charge on any atom is -0.493 e. The van der Waals surface area contributed by atoms with Gasteiger partial charge in [0.15, 0.2) is 0 Å². The summed E-state index contributed by atoms with van der Waals surface area (Å²) < 4.78 is 5.74. The average Bonchev–Trinajstić information content (AvgIpc) is 2.88. The lowest BCUT2D eigenvalue weighted by atomic mass is 9.99. The number of rotatable bonds is 6. The first-order valence-electron chi connectivity index (χ1n) is 7.01. The molecule has 0 bridgehead atoms. The Morgan fingerprint density at radius 2 is 2.15 bits per heavy atom. The van der Waals surface area contributed by atoms with Crippen LogP contribution in [0, 0.1) is 0 Å². The van der Waals surface area contributed by atoms with E-state index in [1.165, 1.54) is 5.56 Å². The minimum atomic E-state index is 0.500. The van der Waals surface area contributed by atoms with Crippen molar-refractivity contribution in [2.45, 2.75) is 33.2 Å². The van der Waals surface area contributed by atoms with Crippen LogP contribution < -0.4 is 10.1 Å². The van der Waals surface area contributed by atoms with Crippen molar-refractivity contribution in [3.63, 3.8) is 0 Å². The molecular formula is C16H22N2OS. The molecule has 0 saturated carbocycles. The van der Waals surface area contributed by atoms with Gasteiger partial charge in [0.25, 0.3) is 0 Å². The summed E-state index contributed by atoms with van der Waals surface area (Å²) in [7, 11) is 1.94. The zero-order chi connectivity index (χ0) is 14.5. The Morgan fingerprint density at radius 1 is 1.35 bits per heavy atom. The second kappa shape index (κ2) is 6.86. The molecule has 1 heterocycles. The normalized spacial score (nSPS) is 11.1. The topological polar surface area (TPSA) is 34.1 Å². The van der Waals surface area contributed by atoms with Gasteiger partial charge < -0.3 is 10.1 Å². The first-order valence-corrected chi connectivity index (χ1v) is 7.89. The van der Waals surface area contributed by atoms with E-state index in [9.17, 15) is 0 Å². The van der Waals surface area contributed by atoms with Crippen LogP contribution in [0.4, 0.5) is 0 Å². The zero-order valence-corrected chi connectivity index (χ0v) is 13.4. The van der Waals surface area contributed by atoms with Crippen LogP contribution in [0.1, 0.15) is 37.3 Å². The Kier molecular flexibility index (Phi) is 5.15. The first-order chi connectivity index (χ1) is 9.65. The predicted molar refractivity (Wildman–Crippen MR) is 85.6 cm³/mol. The van der Waals surface area contributed by atoms with Gasteiger partial charge in [-0.05, 0) is 37.6 Å². The smallest absolute Gasteiger partial charge is 0.128 e. The van der Waals surface area contributed by atoms with E-state index < -0.39 is 0 Å². The van der Waals surface area contributed by atoms with E-state index in [2.05, 4.69) is 47.7 Å². The third-order valence-corrected chi connectivity index (χ3v) is 3.97. The number of nitrogens with one attached hydrogen (secondary N) is 1. The van der Waals surface area contributed by atoms with E-state index in [1.807, 2.05) is 14.0 Å². The lowest BCUT2D eigenvalue weighted by Crippen LogP contribution is -2.04. The number of thiazole rings is 1. The van der Waals surface area contributed by atoms with Gasteiger partial charge in [-0.25, -0.2) is 4.98 Å². The molecule has 20 heavy (non-hydrogen) atoms. The van der Waals surface area contributed by atoms with Crippen molar-refractivity contribution >= 4 is 11.3 Å². The fourth-order valence-electron chi connectivity index (χ4n) is 2.06. The van der Waals surface area contributed by atoms with Crippen molar-refractivity contribution in [3.8, 4) is 17.0 Å². The molecule has 0 aliphatic carbocycles. The molecule has 0 saturated heterocycles. The van der Waals surface area contributed by atoms with Crippen LogP contribution in [-0.2, 0) is 6.54 Å². The van der Waals surface area contributed by atoms with Crippen molar-refractivity contribution in [2.75, 3.05) is 13.7 Å². The Labute approximate surface area is 125 Å². The molecule has 0 amide bonds. The number of ether oxygens (including phenoxy) is 1. The molecule has 0 aliphatic rings. The monoisotopic (exact) mass is 290 g/mol. The number of hydrogen-bond donors (Lipinski definition) is 1. The Bertz CT molecular complexity index is 563. The van der Waals surface area contributed by atoms with Gasteiger partial charge >= 0.3 is 0 Å². The Hall–Kier alpha value is -1.39. The average molecular weight is 290 g/mol. The first kappa shape index (κ1) is 15.0. The summed E-state index contributed by atoms with van der Waals surface area (Å²) in [5.41, 5.74) is 3.41. The Balaban J connectivity index is 2.42. The maximum Gasteiger partial charge on any atom is 0.128 e. The SMILES string of the molecule is CCOc1ccc(C(C)C)cc1-c1csc(CNC)n1. The number of nitrogens with zero attached hydrogens (tertiary/aromatic N) is 1. The van der Waals surface area contributed by atoms with Crippen molar-refractivity contribution in [2.24, 2.45) is 0 Å². The fourth-order valence-corrected chi connectivity index (χ4v) is 2.86. The highest BCUT2D eigenvalue weighted by Gasteiger charge is 2.12. The lowest BCUT2D eigenvalue weighted by molar-refractivity contribution is 0.341. The van der Waals surface area contributed by atoms with Gasteiger partial charge in [-0.2, -0.15) is 0 Å². The summed E-state index contributed by atoms with van der Waals surface area (Å²) in [5, 5.41) is 6.34. The van der Waals surface area contributed by atoms with Crippen LogP contribution in [0.25, 0.3) is 11.3 Å². The second-order valence-electron chi connectivity index (χ2n) is 5.00. The van der Waals surface area contributed by atoms with Gasteiger partial charge in [0.2, 0.25) is 0 Å². The molecule has 2 rings (SSSR count). The molecule has 1 aromatic carbocycles. The van der Waals surface area contributed by atoms with E-state index in [4.69, 9.17) is 4.74 Å². The highest BCUT2D eigenvalue weighted by atomic mass is 32.1. The van der Waals surface area contributed by atoms with Gasteiger partial charge in [0.1, 0.15) is 10.8 Å². The lowest BCUT2D eigenvalue weighted by Gasteiger charge is -2.12. The molecule has 4 heteroatoms. The van der Waals surface area contributed by atoms with Crippen LogP contribution in [0.2, 0.25) is 0 Å². The molecule has 3 nitrogen and oxygen atoms in total. The van der Waals surface area contributed by atoms with E-state index in [0.717, 1.165) is 28.6 Å². The zero-order valence-electron chi connectivity index (χ0n) is 12.6. The third kappa shape index (κ3) is 3.38. The molecule has 0 fully saturated rings. The standard InChI is InChI=1S/C16H22N2OS/c1-5-19-15-7-6-12(11(2)3)8-13(15)14-10-20-16(18-14)9-17-4/h6-8,10-11,17H,5,9H2,1-4H3. The molecule has 0 atom stereocenters. The van der Waals surface area contributed by atoms with E-state index in [0.29, 0.717) is 12.5 Å². The van der Waals surface area contributed by atoms with Gasteiger partial charge in [0.05, 0.1) is 12.3 Å². The summed E-state index contributed by atoms with van der Waals surface area (Å²) in [6.45, 7) is 7.88. The van der Waals surface area contributed by atoms with Gasteiger partial charge in [-0.15, -0.1) is 11.3 Å². The molecule has 1 N–H and O–H groups in total. The van der Waals surface area contributed by atoms with Crippen LogP contribution in [0.5, 0.6) is 5.75 Å². The van der Waals surface area contributed by atoms with Crippen molar-refractivity contribution < 1.29 is 4.74 Å². The summed E-state index contributed by atoms with van der Waals surface area (Å²) in [6, 6.07) is 6.40. The molecule has 0 spiro atoms. The number of benzene rings is 1. The molecule has 0 unspecified atom stereocenters. The Morgan fingerprint density at radius 3 is 2.80 bits per heavy atom. The summed E-state index contributed by atoms with van der Waals surface area (Å²) in [6.07, 6.45) is 0. The van der Waals surface area contributed by atoms with Crippen LogP contribution in [0.15, 0.2) is 23.6 Å². The molecular weight excluding hydrogens is 268 g/mol. The van der Waals surface area contributed by atoms with Crippen LogP contribution in [-0.4, -0.2) is 18.6 Å². The maximum atomic E-state index is 5.74. The molecule has 0 radical (unpaired) electrons. The summed E-state index contributed by atoms with van der Waals surface area (Å²) >= 11 is 1.68. The fraction of sp³-hybridized carbons (Fsp3) is 0.438. The van der Waals surface area contributed by atoms with Crippen LogP contribution in [0.3, 0.4) is 0 Å². The van der Waals surface area contributed by atoms with Gasteiger partial charge in [-0.1, -0.05) is 19.9 Å². The van der Waals surface area contributed by atoms with Gasteiger partial charge in [-0.3, -0.25) is 0 Å². The molecule has 0 aliphatic heterocycles. The predicted octanol–water partition coefficient (Wildman–Crippen LogP) is 4.05. The molecule has 2 aromatic rings. The quantitative estimate of drug-likeness (QED) is 0.871.